The maximum absolute atomic E-state index is 13.4. The second kappa shape index (κ2) is 6.04. The zero-order valence-corrected chi connectivity index (χ0v) is 10.8. The molecular formula is C12H14F2O3S. The zero-order chi connectivity index (χ0) is 13.9. The van der Waals surface area contributed by atoms with Crippen LogP contribution in [0.25, 0.3) is 0 Å². The third kappa shape index (κ3) is 3.60. The van der Waals surface area contributed by atoms with Gasteiger partial charge in [0.1, 0.15) is 16.9 Å². The van der Waals surface area contributed by atoms with Crippen molar-refractivity contribution in [1.29, 1.82) is 0 Å². The second-order valence-electron chi connectivity index (χ2n) is 4.26. The average Bonchev–Trinajstić information content (AvgIpc) is 2.21. The van der Waals surface area contributed by atoms with E-state index in [9.17, 15) is 17.8 Å². The summed E-state index contributed by atoms with van der Waals surface area (Å²) in [4.78, 5) is 11.0. The summed E-state index contributed by atoms with van der Waals surface area (Å²) in [5.74, 6) is -3.27. The number of aliphatic carboxylic acids is 1. The van der Waals surface area contributed by atoms with Crippen LogP contribution in [0.4, 0.5) is 8.78 Å². The number of carboxylic acids is 1. The molecule has 2 atom stereocenters. The minimum atomic E-state index is -1.75. The van der Waals surface area contributed by atoms with Gasteiger partial charge >= 0.3 is 5.97 Å². The minimum absolute atomic E-state index is 0.0571. The van der Waals surface area contributed by atoms with E-state index >= 15 is 0 Å². The van der Waals surface area contributed by atoms with E-state index < -0.39 is 33.7 Å². The van der Waals surface area contributed by atoms with Gasteiger partial charge in [-0.25, -0.2) is 8.78 Å². The van der Waals surface area contributed by atoms with Gasteiger partial charge < -0.3 is 5.11 Å². The molecule has 0 saturated carbocycles. The van der Waals surface area contributed by atoms with Crippen molar-refractivity contribution >= 4 is 16.8 Å². The Morgan fingerprint density at radius 3 is 2.44 bits per heavy atom. The van der Waals surface area contributed by atoms with Gasteiger partial charge in [0, 0.05) is 22.4 Å². The van der Waals surface area contributed by atoms with Gasteiger partial charge in [-0.3, -0.25) is 9.00 Å². The van der Waals surface area contributed by atoms with Crippen molar-refractivity contribution < 1.29 is 22.9 Å². The van der Waals surface area contributed by atoms with Crippen LogP contribution in [0.5, 0.6) is 0 Å². The maximum atomic E-state index is 13.4. The van der Waals surface area contributed by atoms with Crippen LogP contribution in [0, 0.1) is 17.6 Å². The molecule has 1 N–H and O–H groups in total. The highest BCUT2D eigenvalue weighted by molar-refractivity contribution is 7.85. The number of halogens is 2. The number of carboxylic acid groups (broad SMARTS) is 1. The highest BCUT2D eigenvalue weighted by atomic mass is 32.2. The maximum Gasteiger partial charge on any atom is 0.319 e. The van der Waals surface area contributed by atoms with Crippen molar-refractivity contribution in [3.63, 3.8) is 0 Å². The molecule has 100 valence electrons. The van der Waals surface area contributed by atoms with E-state index in [0.717, 1.165) is 6.07 Å². The SMILES string of the molecule is CC(C)C(C(=O)O)S(=O)Cc1ccc(F)cc1F. The van der Waals surface area contributed by atoms with Crippen molar-refractivity contribution in [2.45, 2.75) is 24.9 Å². The van der Waals surface area contributed by atoms with Gasteiger partial charge in [0.15, 0.2) is 0 Å². The summed E-state index contributed by atoms with van der Waals surface area (Å²) < 4.78 is 37.9. The van der Waals surface area contributed by atoms with E-state index in [1.165, 1.54) is 6.07 Å². The van der Waals surface area contributed by atoms with E-state index in [2.05, 4.69) is 0 Å². The Morgan fingerprint density at radius 1 is 1.39 bits per heavy atom. The van der Waals surface area contributed by atoms with Crippen LogP contribution in [-0.4, -0.2) is 20.5 Å². The fourth-order valence-corrected chi connectivity index (χ4v) is 3.14. The summed E-state index contributed by atoms with van der Waals surface area (Å²) in [5.41, 5.74) is 0.0571. The molecule has 0 heterocycles. The Hall–Kier alpha value is -1.30. The standard InChI is InChI=1S/C12H14F2O3S/c1-7(2)11(12(15)16)18(17)6-8-3-4-9(13)5-10(8)14/h3-5,7,11H,6H2,1-2H3,(H,15,16). The Balaban J connectivity index is 2.89. The zero-order valence-electron chi connectivity index (χ0n) is 10.0. The van der Waals surface area contributed by atoms with Gasteiger partial charge in [-0.05, 0) is 12.0 Å². The van der Waals surface area contributed by atoms with Crippen LogP contribution >= 0.6 is 0 Å². The van der Waals surface area contributed by atoms with Crippen LogP contribution in [0.15, 0.2) is 18.2 Å². The van der Waals surface area contributed by atoms with Crippen molar-refractivity contribution in [3.05, 3.63) is 35.4 Å². The summed E-state index contributed by atoms with van der Waals surface area (Å²) >= 11 is 0. The van der Waals surface area contributed by atoms with Gasteiger partial charge in [0.05, 0.1) is 5.75 Å². The first-order valence-electron chi connectivity index (χ1n) is 5.37. The molecule has 0 aliphatic rings. The lowest BCUT2D eigenvalue weighted by Crippen LogP contribution is -2.31. The Bertz CT molecular complexity index is 474. The lowest BCUT2D eigenvalue weighted by molar-refractivity contribution is -0.137. The number of hydrogen-bond acceptors (Lipinski definition) is 2. The molecule has 0 fully saturated rings. The molecule has 0 aliphatic heterocycles. The van der Waals surface area contributed by atoms with E-state index in [0.29, 0.717) is 6.07 Å². The van der Waals surface area contributed by atoms with Gasteiger partial charge in [0.2, 0.25) is 0 Å². The van der Waals surface area contributed by atoms with E-state index in [4.69, 9.17) is 5.11 Å². The molecule has 1 aromatic rings. The Kier molecular flexibility index (Phi) is 4.95. The summed E-state index contributed by atoms with van der Waals surface area (Å²) in [7, 11) is -1.75. The molecular weight excluding hydrogens is 262 g/mol. The van der Waals surface area contributed by atoms with E-state index in [1.54, 1.807) is 13.8 Å². The summed E-state index contributed by atoms with van der Waals surface area (Å²) in [6.45, 7) is 3.27. The van der Waals surface area contributed by atoms with Gasteiger partial charge in [-0.1, -0.05) is 19.9 Å². The molecule has 0 aliphatic carbocycles. The van der Waals surface area contributed by atoms with Crippen LogP contribution in [0.2, 0.25) is 0 Å². The summed E-state index contributed by atoms with van der Waals surface area (Å²) in [6, 6.07) is 2.93. The molecule has 3 nitrogen and oxygen atoms in total. The van der Waals surface area contributed by atoms with Crippen molar-refractivity contribution in [2.24, 2.45) is 5.92 Å². The predicted molar refractivity (Wildman–Crippen MR) is 64.5 cm³/mol. The topological polar surface area (TPSA) is 54.4 Å². The van der Waals surface area contributed by atoms with Crippen molar-refractivity contribution in [2.75, 3.05) is 0 Å². The smallest absolute Gasteiger partial charge is 0.319 e. The quantitative estimate of drug-likeness (QED) is 0.898. The van der Waals surface area contributed by atoms with Gasteiger partial charge in [0.25, 0.3) is 0 Å². The fourth-order valence-electron chi connectivity index (χ4n) is 1.58. The fraction of sp³-hybridized carbons (Fsp3) is 0.417. The number of carbonyl (C=O) groups is 1. The van der Waals surface area contributed by atoms with E-state index in [1.807, 2.05) is 0 Å². The summed E-state index contributed by atoms with van der Waals surface area (Å²) in [5, 5.41) is 7.90. The normalized spacial score (nSPS) is 14.5. The molecule has 0 radical (unpaired) electrons. The third-order valence-electron chi connectivity index (χ3n) is 2.44. The van der Waals surface area contributed by atoms with Gasteiger partial charge in [-0.15, -0.1) is 0 Å². The molecule has 0 saturated heterocycles. The second-order valence-corrected chi connectivity index (χ2v) is 5.82. The number of hydrogen-bond donors (Lipinski definition) is 1. The average molecular weight is 276 g/mol. The molecule has 0 bridgehead atoms. The predicted octanol–water partition coefficient (Wildman–Crippen LogP) is 2.32. The highest BCUT2D eigenvalue weighted by Gasteiger charge is 2.28. The van der Waals surface area contributed by atoms with Crippen LogP contribution < -0.4 is 0 Å². The molecule has 1 rings (SSSR count). The largest absolute Gasteiger partial charge is 0.480 e. The Morgan fingerprint density at radius 2 is 2.00 bits per heavy atom. The minimum Gasteiger partial charge on any atom is -0.480 e. The molecule has 0 spiro atoms. The van der Waals surface area contributed by atoms with Crippen molar-refractivity contribution in [1.82, 2.24) is 0 Å². The Labute approximate surface area is 106 Å². The lowest BCUT2D eigenvalue weighted by atomic mass is 10.1. The molecule has 0 aromatic heterocycles. The van der Waals surface area contributed by atoms with E-state index in [-0.39, 0.29) is 17.2 Å². The third-order valence-corrected chi connectivity index (χ3v) is 4.35. The first-order chi connectivity index (χ1) is 8.32. The molecule has 18 heavy (non-hydrogen) atoms. The first kappa shape index (κ1) is 14.8. The van der Waals surface area contributed by atoms with Crippen LogP contribution in [0.1, 0.15) is 19.4 Å². The molecule has 6 heteroatoms. The lowest BCUT2D eigenvalue weighted by Gasteiger charge is -2.15. The van der Waals surface area contributed by atoms with Crippen LogP contribution in [-0.2, 0) is 21.3 Å². The first-order valence-corrected chi connectivity index (χ1v) is 6.75. The number of benzene rings is 1. The van der Waals surface area contributed by atoms with Crippen molar-refractivity contribution in [3.8, 4) is 0 Å². The van der Waals surface area contributed by atoms with Crippen LogP contribution in [0.3, 0.4) is 0 Å². The summed E-state index contributed by atoms with van der Waals surface area (Å²) in [6.07, 6.45) is 0. The molecule has 0 amide bonds. The molecule has 2 unspecified atom stereocenters. The van der Waals surface area contributed by atoms with Gasteiger partial charge in [-0.2, -0.15) is 0 Å². The number of rotatable bonds is 5. The highest BCUT2D eigenvalue weighted by Crippen LogP contribution is 2.17. The monoisotopic (exact) mass is 276 g/mol. The molecule has 1 aromatic carbocycles.